The monoisotopic (exact) mass is 337 g/mol. The van der Waals surface area contributed by atoms with E-state index in [0.29, 0.717) is 17.5 Å². The molecule has 1 aliphatic heterocycles. The van der Waals surface area contributed by atoms with Crippen molar-refractivity contribution in [1.29, 1.82) is 5.26 Å². The molecule has 2 rings (SSSR count). The summed E-state index contributed by atoms with van der Waals surface area (Å²) in [6.07, 6.45) is 0.360. The zero-order chi connectivity index (χ0) is 17.2. The average Bonchev–Trinajstić information content (AvgIpc) is 2.53. The third-order valence-electron chi connectivity index (χ3n) is 3.93. The second-order valence-corrected chi connectivity index (χ2v) is 7.69. The predicted octanol–water partition coefficient (Wildman–Crippen LogP) is 1.08. The van der Waals surface area contributed by atoms with E-state index in [9.17, 15) is 18.3 Å². The number of fused-ring (bicyclic) bond motifs is 1. The van der Waals surface area contributed by atoms with E-state index in [4.69, 9.17) is 5.26 Å². The number of benzene rings is 1. The molecule has 0 aromatic heterocycles. The van der Waals surface area contributed by atoms with Gasteiger partial charge in [0.25, 0.3) is 10.2 Å². The van der Waals surface area contributed by atoms with Gasteiger partial charge in [0, 0.05) is 26.7 Å². The zero-order valence-corrected chi connectivity index (χ0v) is 13.9. The van der Waals surface area contributed by atoms with Crippen LogP contribution in [0.1, 0.15) is 28.4 Å². The summed E-state index contributed by atoms with van der Waals surface area (Å²) in [6, 6.07) is 6.93. The van der Waals surface area contributed by atoms with Gasteiger partial charge in [-0.05, 0) is 30.5 Å². The first-order valence-corrected chi connectivity index (χ1v) is 8.62. The van der Waals surface area contributed by atoms with Gasteiger partial charge in [0.2, 0.25) is 0 Å². The number of aromatic carboxylic acids is 1. The van der Waals surface area contributed by atoms with Crippen LogP contribution in [-0.2, 0) is 23.2 Å². The maximum atomic E-state index is 12.6. The minimum absolute atomic E-state index is 0.122. The van der Waals surface area contributed by atoms with Crippen molar-refractivity contribution in [3.63, 3.8) is 0 Å². The molecular formula is C15H19N3O4S. The Labute approximate surface area is 135 Å². The molecule has 1 aromatic rings. The predicted molar refractivity (Wildman–Crippen MR) is 83.8 cm³/mol. The highest BCUT2D eigenvalue weighted by Gasteiger charge is 2.32. The smallest absolute Gasteiger partial charge is 0.335 e. The Morgan fingerprint density at radius 3 is 2.83 bits per heavy atom. The molecule has 1 atom stereocenters. The quantitative estimate of drug-likeness (QED) is 0.866. The van der Waals surface area contributed by atoms with Gasteiger partial charge in [-0.2, -0.15) is 22.3 Å². The van der Waals surface area contributed by atoms with Crippen LogP contribution >= 0.6 is 0 Å². The van der Waals surface area contributed by atoms with E-state index in [1.165, 1.54) is 21.7 Å². The molecule has 0 saturated heterocycles. The largest absolute Gasteiger partial charge is 0.478 e. The van der Waals surface area contributed by atoms with Crippen molar-refractivity contribution < 1.29 is 18.3 Å². The molecule has 0 fully saturated rings. The third-order valence-corrected chi connectivity index (χ3v) is 5.83. The van der Waals surface area contributed by atoms with Crippen LogP contribution in [0.2, 0.25) is 0 Å². The van der Waals surface area contributed by atoms with E-state index in [2.05, 4.69) is 0 Å². The summed E-state index contributed by atoms with van der Waals surface area (Å²) in [5.74, 6) is -1.40. The fourth-order valence-electron chi connectivity index (χ4n) is 2.70. The lowest BCUT2D eigenvalue weighted by molar-refractivity contribution is 0.0695. The molecule has 1 aliphatic rings. The number of hydrogen-bond acceptors (Lipinski definition) is 4. The number of carbonyl (C=O) groups is 1. The van der Waals surface area contributed by atoms with Crippen molar-refractivity contribution in [3.8, 4) is 6.07 Å². The minimum atomic E-state index is -3.67. The molecule has 23 heavy (non-hydrogen) atoms. The van der Waals surface area contributed by atoms with Gasteiger partial charge in [-0.3, -0.25) is 0 Å². The van der Waals surface area contributed by atoms with E-state index in [-0.39, 0.29) is 25.2 Å². The first-order valence-electron chi connectivity index (χ1n) is 7.22. The Morgan fingerprint density at radius 1 is 1.52 bits per heavy atom. The van der Waals surface area contributed by atoms with Crippen LogP contribution in [0.15, 0.2) is 18.2 Å². The normalized spacial score (nSPS) is 16.6. The molecule has 1 heterocycles. The van der Waals surface area contributed by atoms with Gasteiger partial charge < -0.3 is 5.11 Å². The molecule has 8 heteroatoms. The summed E-state index contributed by atoms with van der Waals surface area (Å²) >= 11 is 0. The van der Waals surface area contributed by atoms with Crippen molar-refractivity contribution in [1.82, 2.24) is 8.61 Å². The maximum Gasteiger partial charge on any atom is 0.335 e. The van der Waals surface area contributed by atoms with Gasteiger partial charge in [-0.25, -0.2) is 4.79 Å². The molecule has 0 radical (unpaired) electrons. The second kappa shape index (κ2) is 6.66. The van der Waals surface area contributed by atoms with Gasteiger partial charge in [0.1, 0.15) is 0 Å². The molecule has 0 spiro atoms. The first kappa shape index (κ1) is 17.4. The molecule has 124 valence electrons. The van der Waals surface area contributed by atoms with E-state index < -0.39 is 22.1 Å². The van der Waals surface area contributed by atoms with Crippen LogP contribution in [-0.4, -0.2) is 48.2 Å². The highest BCUT2D eigenvalue weighted by Crippen LogP contribution is 2.25. The molecule has 1 unspecified atom stereocenters. The molecule has 7 nitrogen and oxygen atoms in total. The molecular weight excluding hydrogens is 318 g/mol. The lowest BCUT2D eigenvalue weighted by Gasteiger charge is -2.32. The summed E-state index contributed by atoms with van der Waals surface area (Å²) in [6.45, 7) is 2.16. The van der Waals surface area contributed by atoms with Gasteiger partial charge in [0.05, 0.1) is 17.6 Å². The first-order chi connectivity index (χ1) is 10.8. The van der Waals surface area contributed by atoms with Gasteiger partial charge in [-0.1, -0.05) is 12.1 Å². The van der Waals surface area contributed by atoms with Crippen LogP contribution in [0.4, 0.5) is 0 Å². The van der Waals surface area contributed by atoms with Crippen molar-refractivity contribution in [2.45, 2.75) is 19.9 Å². The number of hydrogen-bond donors (Lipinski definition) is 1. The molecule has 1 N–H and O–H groups in total. The van der Waals surface area contributed by atoms with Crippen LogP contribution in [0.3, 0.4) is 0 Å². The lowest BCUT2D eigenvalue weighted by Crippen LogP contribution is -2.45. The van der Waals surface area contributed by atoms with Crippen LogP contribution in [0, 0.1) is 17.2 Å². The summed E-state index contributed by atoms with van der Waals surface area (Å²) in [5, 5.41) is 18.0. The fraction of sp³-hybridized carbons (Fsp3) is 0.467. The van der Waals surface area contributed by atoms with E-state index in [1.54, 1.807) is 19.1 Å². The van der Waals surface area contributed by atoms with Crippen molar-refractivity contribution in [2.24, 2.45) is 5.92 Å². The number of rotatable bonds is 5. The molecule has 0 saturated carbocycles. The van der Waals surface area contributed by atoms with E-state index in [1.807, 2.05) is 6.07 Å². The number of carboxylic acid groups (broad SMARTS) is 1. The highest BCUT2D eigenvalue weighted by molar-refractivity contribution is 7.86. The number of carboxylic acids is 1. The zero-order valence-electron chi connectivity index (χ0n) is 13.1. The molecule has 0 aliphatic carbocycles. The van der Waals surface area contributed by atoms with Crippen LogP contribution < -0.4 is 0 Å². The van der Waals surface area contributed by atoms with Crippen LogP contribution in [0.5, 0.6) is 0 Å². The van der Waals surface area contributed by atoms with Gasteiger partial charge in [0.15, 0.2) is 0 Å². The Bertz CT molecular complexity index is 754. The maximum absolute atomic E-state index is 12.6. The summed E-state index contributed by atoms with van der Waals surface area (Å²) in [7, 11) is -2.22. The Hall–Kier alpha value is -1.95. The van der Waals surface area contributed by atoms with Gasteiger partial charge in [-0.15, -0.1) is 0 Å². The lowest BCUT2D eigenvalue weighted by atomic mass is 9.95. The molecule has 0 amide bonds. The Balaban J connectivity index is 2.24. The fourth-order valence-corrected chi connectivity index (χ4v) is 4.13. The summed E-state index contributed by atoms with van der Waals surface area (Å²) < 4.78 is 27.7. The van der Waals surface area contributed by atoms with Gasteiger partial charge >= 0.3 is 5.97 Å². The topological polar surface area (TPSA) is 102 Å². The summed E-state index contributed by atoms with van der Waals surface area (Å²) in [5.41, 5.74) is 1.63. The Kier molecular flexibility index (Phi) is 5.04. The third kappa shape index (κ3) is 3.52. The van der Waals surface area contributed by atoms with Crippen molar-refractivity contribution in [2.75, 3.05) is 20.1 Å². The molecule has 1 aromatic carbocycles. The number of nitriles is 1. The van der Waals surface area contributed by atoms with E-state index in [0.717, 1.165) is 0 Å². The van der Waals surface area contributed by atoms with Crippen LogP contribution in [0.25, 0.3) is 0 Å². The second-order valence-electron chi connectivity index (χ2n) is 5.65. The Morgan fingerprint density at radius 2 is 2.22 bits per heavy atom. The molecule has 0 bridgehead atoms. The number of nitrogens with zero attached hydrogens (tertiary/aromatic N) is 3. The highest BCUT2D eigenvalue weighted by atomic mass is 32.2. The van der Waals surface area contributed by atoms with E-state index >= 15 is 0 Å². The average molecular weight is 337 g/mol. The minimum Gasteiger partial charge on any atom is -0.478 e. The SMILES string of the molecule is CC(C#N)CN(C)S(=O)(=O)N1CCc2c(cccc2C(=O)O)C1. The van der Waals surface area contributed by atoms with Crippen molar-refractivity contribution in [3.05, 3.63) is 34.9 Å². The van der Waals surface area contributed by atoms with Crippen molar-refractivity contribution >= 4 is 16.2 Å². The summed E-state index contributed by atoms with van der Waals surface area (Å²) in [4.78, 5) is 11.2. The standard InChI is InChI=1S/C15H19N3O4S/c1-11(8-16)9-17(2)23(21,22)18-7-6-13-12(10-18)4-3-5-14(13)15(19)20/h3-5,11H,6-7,9-10H2,1-2H3,(H,19,20).